The molecule has 0 heterocycles. The predicted molar refractivity (Wildman–Crippen MR) is 87.4 cm³/mol. The molecule has 2 rings (SSSR count). The van der Waals surface area contributed by atoms with Crippen LogP contribution in [-0.2, 0) is 4.79 Å². The Morgan fingerprint density at radius 1 is 1.30 bits per heavy atom. The van der Waals surface area contributed by atoms with E-state index in [0.29, 0.717) is 24.3 Å². The largest absolute Gasteiger partial charge is 0.493 e. The van der Waals surface area contributed by atoms with Gasteiger partial charge < -0.3 is 14.8 Å². The smallest absolute Gasteiger partial charge is 0.262 e. The molecule has 0 radical (unpaired) electrons. The van der Waals surface area contributed by atoms with Crippen LogP contribution in [0.4, 0.5) is 0 Å². The van der Waals surface area contributed by atoms with Gasteiger partial charge in [-0.3, -0.25) is 4.79 Å². The number of aryl methyl sites for hydroxylation is 1. The lowest BCUT2D eigenvalue weighted by molar-refractivity contribution is -0.129. The summed E-state index contributed by atoms with van der Waals surface area (Å²) < 4.78 is 11.0. The minimum Gasteiger partial charge on any atom is -0.493 e. The Balaban J connectivity index is 2.04. The van der Waals surface area contributed by atoms with E-state index in [2.05, 4.69) is 11.4 Å². The topological polar surface area (TPSA) is 71.3 Å². The molecule has 0 bridgehead atoms. The van der Waals surface area contributed by atoms with E-state index < -0.39 is 11.6 Å². The van der Waals surface area contributed by atoms with Crippen LogP contribution in [0.1, 0.15) is 44.6 Å². The van der Waals surface area contributed by atoms with Gasteiger partial charge in [0, 0.05) is 0 Å². The summed E-state index contributed by atoms with van der Waals surface area (Å²) in [5.41, 5.74) is 0.307. The zero-order valence-corrected chi connectivity index (χ0v) is 14.0. The number of carbonyl (C=O) groups is 1. The molecule has 124 valence electrons. The van der Waals surface area contributed by atoms with Crippen LogP contribution in [0.3, 0.4) is 0 Å². The van der Waals surface area contributed by atoms with Crippen LogP contribution in [0.5, 0.6) is 11.5 Å². The molecule has 1 saturated carbocycles. The van der Waals surface area contributed by atoms with E-state index in [9.17, 15) is 10.1 Å². The highest BCUT2D eigenvalue weighted by molar-refractivity contribution is 5.82. The number of nitrogens with zero attached hydrogens (tertiary/aromatic N) is 1. The number of methoxy groups -OCH3 is 1. The van der Waals surface area contributed by atoms with Gasteiger partial charge in [0.25, 0.3) is 5.91 Å². The molecule has 0 unspecified atom stereocenters. The van der Waals surface area contributed by atoms with E-state index in [1.807, 2.05) is 19.1 Å². The standard InChI is InChI=1S/C18H24N2O3/c1-13-7-8-15(16(11-13)22-3)23-14(2)17(21)20-18(12-19)9-5-4-6-10-18/h7-8,11,14H,4-6,9-10H2,1-3H3,(H,20,21)/t14-/m0/s1. The molecule has 1 aliphatic carbocycles. The Bertz CT molecular complexity index is 601. The summed E-state index contributed by atoms with van der Waals surface area (Å²) in [6.45, 7) is 3.64. The van der Waals surface area contributed by atoms with Gasteiger partial charge in [0.05, 0.1) is 13.2 Å². The lowest BCUT2D eigenvalue weighted by Gasteiger charge is -2.32. The third-order valence-corrected chi connectivity index (χ3v) is 4.28. The Labute approximate surface area is 137 Å². The molecule has 1 aromatic carbocycles. The van der Waals surface area contributed by atoms with Crippen molar-refractivity contribution >= 4 is 5.91 Å². The SMILES string of the molecule is COc1cc(C)ccc1O[C@@H](C)C(=O)NC1(C#N)CCCCC1. The molecule has 1 amide bonds. The fraction of sp³-hybridized carbons (Fsp3) is 0.556. The maximum absolute atomic E-state index is 12.4. The summed E-state index contributed by atoms with van der Waals surface area (Å²) in [5.74, 6) is 0.851. The molecular weight excluding hydrogens is 292 g/mol. The molecule has 0 aromatic heterocycles. The number of hydrogen-bond donors (Lipinski definition) is 1. The van der Waals surface area contributed by atoms with E-state index in [1.54, 1.807) is 20.1 Å². The third kappa shape index (κ3) is 4.16. The van der Waals surface area contributed by atoms with Crippen molar-refractivity contribution in [1.82, 2.24) is 5.32 Å². The lowest BCUT2D eigenvalue weighted by atomic mass is 9.83. The maximum Gasteiger partial charge on any atom is 0.262 e. The highest BCUT2D eigenvalue weighted by Gasteiger charge is 2.35. The second kappa shape index (κ2) is 7.36. The van der Waals surface area contributed by atoms with Crippen molar-refractivity contribution in [3.63, 3.8) is 0 Å². The number of nitriles is 1. The van der Waals surface area contributed by atoms with Crippen molar-refractivity contribution in [2.75, 3.05) is 7.11 Å². The number of rotatable bonds is 5. The monoisotopic (exact) mass is 316 g/mol. The van der Waals surface area contributed by atoms with E-state index in [1.165, 1.54) is 0 Å². The minimum atomic E-state index is -0.746. The maximum atomic E-state index is 12.4. The van der Waals surface area contributed by atoms with Crippen LogP contribution in [0, 0.1) is 18.3 Å². The first kappa shape index (κ1) is 17.1. The molecule has 0 aliphatic heterocycles. The van der Waals surface area contributed by atoms with Gasteiger partial charge in [0.1, 0.15) is 5.54 Å². The quantitative estimate of drug-likeness (QED) is 0.906. The van der Waals surface area contributed by atoms with Gasteiger partial charge in [-0.25, -0.2) is 0 Å². The van der Waals surface area contributed by atoms with E-state index in [4.69, 9.17) is 9.47 Å². The Kier molecular flexibility index (Phi) is 5.49. The summed E-state index contributed by atoms with van der Waals surface area (Å²) in [7, 11) is 1.57. The van der Waals surface area contributed by atoms with E-state index in [-0.39, 0.29) is 5.91 Å². The summed E-state index contributed by atoms with van der Waals surface area (Å²) in [6.07, 6.45) is 3.76. The third-order valence-electron chi connectivity index (χ3n) is 4.28. The van der Waals surface area contributed by atoms with Gasteiger partial charge >= 0.3 is 0 Å². The van der Waals surface area contributed by atoms with Crippen LogP contribution in [-0.4, -0.2) is 24.7 Å². The fourth-order valence-electron chi connectivity index (χ4n) is 2.87. The number of ether oxygens (including phenoxy) is 2. The first-order valence-electron chi connectivity index (χ1n) is 8.04. The number of carbonyl (C=O) groups excluding carboxylic acids is 1. The zero-order valence-electron chi connectivity index (χ0n) is 14.0. The molecule has 1 atom stereocenters. The second-order valence-electron chi connectivity index (χ2n) is 6.16. The van der Waals surface area contributed by atoms with E-state index in [0.717, 1.165) is 24.8 Å². The van der Waals surface area contributed by atoms with Crippen LogP contribution in [0.15, 0.2) is 18.2 Å². The fourth-order valence-corrected chi connectivity index (χ4v) is 2.87. The van der Waals surface area contributed by atoms with Crippen molar-refractivity contribution < 1.29 is 14.3 Å². The molecule has 0 saturated heterocycles. The van der Waals surface area contributed by atoms with E-state index >= 15 is 0 Å². The van der Waals surface area contributed by atoms with Crippen LogP contribution in [0.2, 0.25) is 0 Å². The van der Waals surface area contributed by atoms with Crippen LogP contribution in [0.25, 0.3) is 0 Å². The Morgan fingerprint density at radius 2 is 2.00 bits per heavy atom. The number of nitrogens with one attached hydrogen (secondary N) is 1. The summed E-state index contributed by atoms with van der Waals surface area (Å²) in [5, 5.41) is 12.3. The van der Waals surface area contributed by atoms with Crippen molar-refractivity contribution in [3.8, 4) is 17.6 Å². The Hall–Kier alpha value is -2.22. The highest BCUT2D eigenvalue weighted by Crippen LogP contribution is 2.30. The summed E-state index contributed by atoms with van der Waals surface area (Å²) in [6, 6.07) is 7.84. The van der Waals surface area contributed by atoms with Crippen molar-refractivity contribution in [1.29, 1.82) is 5.26 Å². The molecule has 0 spiro atoms. The van der Waals surface area contributed by atoms with Crippen molar-refractivity contribution in [3.05, 3.63) is 23.8 Å². The first-order valence-corrected chi connectivity index (χ1v) is 8.04. The average Bonchev–Trinajstić information content (AvgIpc) is 2.57. The van der Waals surface area contributed by atoms with Gasteiger partial charge in [-0.05, 0) is 44.4 Å². The Morgan fingerprint density at radius 3 is 2.61 bits per heavy atom. The van der Waals surface area contributed by atoms with Crippen LogP contribution < -0.4 is 14.8 Å². The second-order valence-corrected chi connectivity index (χ2v) is 6.16. The normalized spacial score (nSPS) is 17.7. The molecule has 1 aliphatic rings. The lowest BCUT2D eigenvalue weighted by Crippen LogP contribution is -2.52. The highest BCUT2D eigenvalue weighted by atomic mass is 16.5. The summed E-state index contributed by atoms with van der Waals surface area (Å²) in [4.78, 5) is 12.4. The minimum absolute atomic E-state index is 0.268. The average molecular weight is 316 g/mol. The van der Waals surface area contributed by atoms with Crippen molar-refractivity contribution in [2.45, 2.75) is 57.6 Å². The predicted octanol–water partition coefficient (Wildman–Crippen LogP) is 3.11. The molecule has 5 heteroatoms. The van der Waals surface area contributed by atoms with Gasteiger partial charge in [-0.15, -0.1) is 0 Å². The van der Waals surface area contributed by atoms with Gasteiger partial charge in [-0.1, -0.05) is 25.3 Å². The number of amides is 1. The number of hydrogen-bond acceptors (Lipinski definition) is 4. The molecule has 1 aromatic rings. The molecular formula is C18H24N2O3. The molecule has 23 heavy (non-hydrogen) atoms. The molecule has 5 nitrogen and oxygen atoms in total. The zero-order chi connectivity index (χ0) is 16.9. The van der Waals surface area contributed by atoms with Crippen LogP contribution >= 0.6 is 0 Å². The number of benzene rings is 1. The van der Waals surface area contributed by atoms with Gasteiger partial charge in [0.15, 0.2) is 17.6 Å². The van der Waals surface area contributed by atoms with Gasteiger partial charge in [0.2, 0.25) is 0 Å². The summed E-state index contributed by atoms with van der Waals surface area (Å²) >= 11 is 0. The molecule has 1 fully saturated rings. The van der Waals surface area contributed by atoms with Crippen molar-refractivity contribution in [2.24, 2.45) is 0 Å². The molecule has 1 N–H and O–H groups in total. The van der Waals surface area contributed by atoms with Gasteiger partial charge in [-0.2, -0.15) is 5.26 Å². The first-order chi connectivity index (χ1) is 11.0.